The standard InChI is InChI=1S/C42H29N3/c1-42(2)36-16-10-9-15-33(36)35-25-34-30(24-37(35)42)20-18-26-17-19-29-23-31(21-22-32(29)38(26)34)41-44-39(27-11-5-3-6-12-27)43-40(45-41)28-13-7-4-8-14-28/h3-25H,1-2H3. The Morgan fingerprint density at radius 2 is 0.956 bits per heavy atom. The van der Waals surface area contributed by atoms with Crippen molar-refractivity contribution in [2.45, 2.75) is 19.3 Å². The van der Waals surface area contributed by atoms with Crippen LogP contribution in [0.1, 0.15) is 25.0 Å². The molecule has 0 atom stereocenters. The van der Waals surface area contributed by atoms with Crippen molar-refractivity contribution in [3.8, 4) is 45.3 Å². The molecule has 1 aliphatic carbocycles. The number of aromatic nitrogens is 3. The van der Waals surface area contributed by atoms with Crippen LogP contribution < -0.4 is 0 Å². The predicted molar refractivity (Wildman–Crippen MR) is 186 cm³/mol. The lowest BCUT2D eigenvalue weighted by Gasteiger charge is -2.22. The van der Waals surface area contributed by atoms with E-state index in [1.807, 2.05) is 60.7 Å². The molecule has 3 heteroatoms. The Morgan fingerprint density at radius 1 is 0.400 bits per heavy atom. The second-order valence-corrected chi connectivity index (χ2v) is 12.5. The maximum absolute atomic E-state index is 4.97. The van der Waals surface area contributed by atoms with E-state index in [9.17, 15) is 0 Å². The van der Waals surface area contributed by atoms with Gasteiger partial charge in [0.1, 0.15) is 0 Å². The number of benzene rings is 7. The van der Waals surface area contributed by atoms with Gasteiger partial charge in [0, 0.05) is 22.1 Å². The third-order valence-electron chi connectivity index (χ3n) is 9.48. The molecule has 0 amide bonds. The molecule has 0 radical (unpaired) electrons. The van der Waals surface area contributed by atoms with Crippen LogP contribution in [0.2, 0.25) is 0 Å². The van der Waals surface area contributed by atoms with Crippen molar-refractivity contribution in [3.63, 3.8) is 0 Å². The molecule has 3 nitrogen and oxygen atoms in total. The lowest BCUT2D eigenvalue weighted by Crippen LogP contribution is -2.14. The van der Waals surface area contributed by atoms with Crippen LogP contribution >= 0.6 is 0 Å². The average molecular weight is 576 g/mol. The van der Waals surface area contributed by atoms with Gasteiger partial charge in [0.25, 0.3) is 0 Å². The summed E-state index contributed by atoms with van der Waals surface area (Å²) in [4.78, 5) is 14.8. The molecule has 0 bridgehead atoms. The van der Waals surface area contributed by atoms with Crippen molar-refractivity contribution in [1.82, 2.24) is 15.0 Å². The van der Waals surface area contributed by atoms with E-state index in [0.29, 0.717) is 17.5 Å². The minimum Gasteiger partial charge on any atom is -0.208 e. The first-order valence-electron chi connectivity index (χ1n) is 15.5. The number of hydrogen-bond donors (Lipinski definition) is 0. The monoisotopic (exact) mass is 575 g/mol. The highest BCUT2D eigenvalue weighted by atomic mass is 15.0. The molecule has 1 aromatic heterocycles. The number of nitrogens with zero attached hydrogens (tertiary/aromatic N) is 3. The highest BCUT2D eigenvalue weighted by molar-refractivity contribution is 6.21. The van der Waals surface area contributed by atoms with Crippen LogP contribution in [0.4, 0.5) is 0 Å². The summed E-state index contributed by atoms with van der Waals surface area (Å²) in [6.45, 7) is 4.68. The highest BCUT2D eigenvalue weighted by Gasteiger charge is 2.35. The Hall–Kier alpha value is -5.67. The third kappa shape index (κ3) is 4.01. The summed E-state index contributed by atoms with van der Waals surface area (Å²) >= 11 is 0. The molecule has 0 saturated carbocycles. The summed E-state index contributed by atoms with van der Waals surface area (Å²) in [5.74, 6) is 2.00. The molecule has 1 aliphatic rings. The topological polar surface area (TPSA) is 38.7 Å². The fourth-order valence-corrected chi connectivity index (χ4v) is 7.16. The first-order valence-corrected chi connectivity index (χ1v) is 15.5. The summed E-state index contributed by atoms with van der Waals surface area (Å²) in [5, 5.41) is 7.48. The second-order valence-electron chi connectivity index (χ2n) is 12.5. The Labute approximate surface area is 261 Å². The summed E-state index contributed by atoms with van der Waals surface area (Å²) < 4.78 is 0. The van der Waals surface area contributed by atoms with E-state index in [0.717, 1.165) is 22.1 Å². The average Bonchev–Trinajstić information content (AvgIpc) is 3.32. The van der Waals surface area contributed by atoms with Gasteiger partial charge in [0.15, 0.2) is 17.5 Å². The quantitative estimate of drug-likeness (QED) is 0.197. The van der Waals surface area contributed by atoms with Gasteiger partial charge in [-0.1, -0.05) is 135 Å². The van der Waals surface area contributed by atoms with Gasteiger partial charge in [-0.2, -0.15) is 0 Å². The van der Waals surface area contributed by atoms with Gasteiger partial charge in [-0.05, 0) is 72.8 Å². The van der Waals surface area contributed by atoms with Crippen LogP contribution in [0.25, 0.3) is 77.6 Å². The predicted octanol–water partition coefficient (Wildman–Crippen LogP) is 10.6. The lowest BCUT2D eigenvalue weighted by atomic mass is 9.81. The molecule has 0 fully saturated rings. The first-order chi connectivity index (χ1) is 22.0. The maximum atomic E-state index is 4.97. The minimum atomic E-state index is -0.0233. The maximum Gasteiger partial charge on any atom is 0.164 e. The highest BCUT2D eigenvalue weighted by Crippen LogP contribution is 2.50. The molecule has 1 heterocycles. The smallest absolute Gasteiger partial charge is 0.164 e. The van der Waals surface area contributed by atoms with Gasteiger partial charge < -0.3 is 0 Å². The Kier molecular flexibility index (Phi) is 5.54. The molecule has 0 saturated heterocycles. The van der Waals surface area contributed by atoms with Gasteiger partial charge in [-0.25, -0.2) is 15.0 Å². The molecule has 7 aromatic carbocycles. The van der Waals surface area contributed by atoms with Crippen LogP contribution in [-0.2, 0) is 5.41 Å². The molecule has 8 aromatic rings. The molecular weight excluding hydrogens is 546 g/mol. The largest absolute Gasteiger partial charge is 0.208 e. The van der Waals surface area contributed by atoms with Crippen molar-refractivity contribution >= 4 is 32.3 Å². The van der Waals surface area contributed by atoms with E-state index in [4.69, 9.17) is 15.0 Å². The van der Waals surface area contributed by atoms with Crippen molar-refractivity contribution < 1.29 is 0 Å². The fourth-order valence-electron chi connectivity index (χ4n) is 7.16. The van der Waals surface area contributed by atoms with Crippen molar-refractivity contribution in [1.29, 1.82) is 0 Å². The molecular formula is C42H29N3. The van der Waals surface area contributed by atoms with E-state index in [-0.39, 0.29) is 5.41 Å². The van der Waals surface area contributed by atoms with Gasteiger partial charge in [-0.3, -0.25) is 0 Å². The Morgan fingerprint density at radius 3 is 1.62 bits per heavy atom. The zero-order chi connectivity index (χ0) is 30.1. The molecule has 0 aliphatic heterocycles. The molecule has 9 rings (SSSR count). The summed E-state index contributed by atoms with van der Waals surface area (Å²) in [7, 11) is 0. The van der Waals surface area contributed by atoms with Gasteiger partial charge in [0.2, 0.25) is 0 Å². The molecule has 0 unspecified atom stereocenters. The van der Waals surface area contributed by atoms with Crippen molar-refractivity contribution in [2.24, 2.45) is 0 Å². The SMILES string of the molecule is CC1(C)c2ccccc2-c2cc3c(ccc4ccc5cc(-c6nc(-c7ccccc7)nc(-c7ccccc7)n6)ccc5c43)cc21. The summed E-state index contributed by atoms with van der Waals surface area (Å²) in [5.41, 5.74) is 8.36. The second kappa shape index (κ2) is 9.67. The van der Waals surface area contributed by atoms with E-state index in [2.05, 4.69) is 92.7 Å². The van der Waals surface area contributed by atoms with Crippen LogP contribution in [0.3, 0.4) is 0 Å². The van der Waals surface area contributed by atoms with Gasteiger partial charge >= 0.3 is 0 Å². The first kappa shape index (κ1) is 25.8. The summed E-state index contributed by atoms with van der Waals surface area (Å²) in [6.07, 6.45) is 0. The molecule has 45 heavy (non-hydrogen) atoms. The lowest BCUT2D eigenvalue weighted by molar-refractivity contribution is 0.661. The number of hydrogen-bond acceptors (Lipinski definition) is 3. The van der Waals surface area contributed by atoms with E-state index >= 15 is 0 Å². The molecule has 0 spiro atoms. The number of fused-ring (bicyclic) bond motifs is 8. The molecule has 0 N–H and O–H groups in total. The fraction of sp³-hybridized carbons (Fsp3) is 0.0714. The van der Waals surface area contributed by atoms with E-state index in [1.165, 1.54) is 49.2 Å². The van der Waals surface area contributed by atoms with E-state index in [1.54, 1.807) is 0 Å². The van der Waals surface area contributed by atoms with Gasteiger partial charge in [0.05, 0.1) is 0 Å². The van der Waals surface area contributed by atoms with Gasteiger partial charge in [-0.15, -0.1) is 0 Å². The van der Waals surface area contributed by atoms with Crippen molar-refractivity contribution in [3.05, 3.63) is 151 Å². The van der Waals surface area contributed by atoms with E-state index < -0.39 is 0 Å². The van der Waals surface area contributed by atoms with Crippen LogP contribution in [-0.4, -0.2) is 15.0 Å². The van der Waals surface area contributed by atoms with Crippen LogP contribution in [0.5, 0.6) is 0 Å². The minimum absolute atomic E-state index is 0.0233. The Bertz CT molecular complexity index is 2390. The zero-order valence-corrected chi connectivity index (χ0v) is 25.1. The number of rotatable bonds is 3. The normalized spacial score (nSPS) is 13.3. The van der Waals surface area contributed by atoms with Crippen LogP contribution in [0.15, 0.2) is 140 Å². The van der Waals surface area contributed by atoms with Crippen LogP contribution in [0, 0.1) is 0 Å². The molecule has 212 valence electrons. The Balaban J connectivity index is 1.25. The summed E-state index contributed by atoms with van der Waals surface area (Å²) in [6, 6.07) is 49.6. The third-order valence-corrected chi connectivity index (χ3v) is 9.48. The zero-order valence-electron chi connectivity index (χ0n) is 25.1. The van der Waals surface area contributed by atoms with Crippen molar-refractivity contribution in [2.75, 3.05) is 0 Å².